The lowest BCUT2D eigenvalue weighted by Gasteiger charge is -2.15. The molecule has 0 radical (unpaired) electrons. The quantitative estimate of drug-likeness (QED) is 0.767. The summed E-state index contributed by atoms with van der Waals surface area (Å²) in [5, 5.41) is 10.2. The number of methoxy groups -OCH3 is 3. The van der Waals surface area contributed by atoms with E-state index in [0.29, 0.717) is 36.3 Å². The first-order chi connectivity index (χ1) is 9.12. The zero-order valence-corrected chi connectivity index (χ0v) is 11.5. The maximum atomic E-state index is 11.0. The van der Waals surface area contributed by atoms with Crippen LogP contribution in [0.15, 0.2) is 18.2 Å². The van der Waals surface area contributed by atoms with Gasteiger partial charge in [0.25, 0.3) is 0 Å². The highest BCUT2D eigenvalue weighted by Crippen LogP contribution is 2.31. The van der Waals surface area contributed by atoms with E-state index in [0.717, 1.165) is 0 Å². The minimum Gasteiger partial charge on any atom is -0.497 e. The number of hydrogen-bond donors (Lipinski definition) is 1. The van der Waals surface area contributed by atoms with E-state index in [2.05, 4.69) is 4.74 Å². The summed E-state index contributed by atoms with van der Waals surface area (Å²) >= 11 is 0. The molecule has 0 aromatic heterocycles. The average Bonchev–Trinajstić information content (AvgIpc) is 2.45. The maximum Gasteiger partial charge on any atom is 0.305 e. The zero-order chi connectivity index (χ0) is 14.3. The second-order valence-electron chi connectivity index (χ2n) is 4.09. The van der Waals surface area contributed by atoms with Crippen LogP contribution in [0.3, 0.4) is 0 Å². The van der Waals surface area contributed by atoms with Gasteiger partial charge in [0, 0.05) is 12.0 Å². The summed E-state index contributed by atoms with van der Waals surface area (Å²) in [6.45, 7) is 0. The molecule has 0 bridgehead atoms. The third-order valence-electron chi connectivity index (χ3n) is 2.88. The van der Waals surface area contributed by atoms with E-state index in [1.165, 1.54) is 7.11 Å². The van der Waals surface area contributed by atoms with Gasteiger partial charge < -0.3 is 19.3 Å². The number of hydrogen-bond acceptors (Lipinski definition) is 5. The van der Waals surface area contributed by atoms with Gasteiger partial charge in [-0.3, -0.25) is 4.79 Å². The molecule has 1 unspecified atom stereocenters. The van der Waals surface area contributed by atoms with Gasteiger partial charge in [0.1, 0.15) is 11.5 Å². The molecule has 1 aromatic rings. The second kappa shape index (κ2) is 7.63. The highest BCUT2D eigenvalue weighted by Gasteiger charge is 2.15. The molecule has 106 valence electrons. The first-order valence-corrected chi connectivity index (χ1v) is 6.09. The zero-order valence-electron chi connectivity index (χ0n) is 11.5. The van der Waals surface area contributed by atoms with Crippen LogP contribution < -0.4 is 9.47 Å². The largest absolute Gasteiger partial charge is 0.497 e. The van der Waals surface area contributed by atoms with Crippen LogP contribution in [0.1, 0.15) is 30.9 Å². The Kier molecular flexibility index (Phi) is 6.15. The van der Waals surface area contributed by atoms with Crippen LogP contribution in [-0.4, -0.2) is 32.4 Å². The number of rotatable bonds is 7. The van der Waals surface area contributed by atoms with Crippen LogP contribution >= 0.6 is 0 Å². The summed E-state index contributed by atoms with van der Waals surface area (Å²) < 4.78 is 14.9. The Balaban J connectivity index is 2.69. The first kappa shape index (κ1) is 15.3. The Hall–Kier alpha value is -1.75. The minimum atomic E-state index is -0.699. The Morgan fingerprint density at radius 1 is 1.26 bits per heavy atom. The molecule has 0 fully saturated rings. The summed E-state index contributed by atoms with van der Waals surface area (Å²) in [4.78, 5) is 11.0. The predicted octanol–water partition coefficient (Wildman–Crippen LogP) is 2.08. The van der Waals surface area contributed by atoms with Crippen molar-refractivity contribution in [2.24, 2.45) is 0 Å². The number of esters is 1. The molecule has 1 rings (SSSR count). The van der Waals surface area contributed by atoms with Gasteiger partial charge in [-0.05, 0) is 31.0 Å². The summed E-state index contributed by atoms with van der Waals surface area (Å²) in [5.41, 5.74) is 0.659. The van der Waals surface area contributed by atoms with Crippen LogP contribution in [0, 0.1) is 0 Å². The molecule has 1 N–H and O–H groups in total. The van der Waals surface area contributed by atoms with Crippen molar-refractivity contribution >= 4 is 5.97 Å². The minimum absolute atomic E-state index is 0.273. The Bertz CT molecular complexity index is 416. The molecule has 0 saturated heterocycles. The predicted molar refractivity (Wildman–Crippen MR) is 70.4 cm³/mol. The fourth-order valence-corrected chi connectivity index (χ4v) is 1.80. The molecule has 1 aromatic carbocycles. The Morgan fingerprint density at radius 3 is 2.58 bits per heavy atom. The fraction of sp³-hybridized carbons (Fsp3) is 0.500. The van der Waals surface area contributed by atoms with Gasteiger partial charge in [-0.1, -0.05) is 0 Å². The van der Waals surface area contributed by atoms with Crippen molar-refractivity contribution in [1.29, 1.82) is 0 Å². The van der Waals surface area contributed by atoms with Crippen LogP contribution in [-0.2, 0) is 9.53 Å². The van der Waals surface area contributed by atoms with Gasteiger partial charge in [0.15, 0.2) is 0 Å². The molecule has 0 saturated carbocycles. The Labute approximate surface area is 113 Å². The van der Waals surface area contributed by atoms with Crippen LogP contribution in [0.25, 0.3) is 0 Å². The number of benzene rings is 1. The molecular formula is C14H20O5. The summed E-state index contributed by atoms with van der Waals surface area (Å²) in [7, 11) is 4.46. The van der Waals surface area contributed by atoms with Gasteiger partial charge >= 0.3 is 5.97 Å². The standard InChI is InChI=1S/C14H20O5/c1-17-10-7-8-13(18-2)11(9-10)12(15)5-4-6-14(16)19-3/h7-9,12,15H,4-6H2,1-3H3. The van der Waals surface area contributed by atoms with Crippen molar-refractivity contribution < 1.29 is 24.1 Å². The summed E-state index contributed by atoms with van der Waals surface area (Å²) in [6.07, 6.45) is 0.599. The van der Waals surface area contributed by atoms with E-state index in [9.17, 15) is 9.90 Å². The van der Waals surface area contributed by atoms with E-state index in [-0.39, 0.29) is 5.97 Å². The van der Waals surface area contributed by atoms with Gasteiger partial charge in [-0.25, -0.2) is 0 Å². The second-order valence-corrected chi connectivity index (χ2v) is 4.09. The van der Waals surface area contributed by atoms with Crippen molar-refractivity contribution in [1.82, 2.24) is 0 Å². The summed E-state index contributed by atoms with van der Waals surface area (Å²) in [6, 6.07) is 5.25. The third-order valence-corrected chi connectivity index (χ3v) is 2.88. The van der Waals surface area contributed by atoms with E-state index >= 15 is 0 Å². The molecular weight excluding hydrogens is 248 g/mol. The van der Waals surface area contributed by atoms with E-state index in [1.807, 2.05) is 0 Å². The molecule has 0 spiro atoms. The van der Waals surface area contributed by atoms with Crippen LogP contribution in [0.4, 0.5) is 0 Å². The van der Waals surface area contributed by atoms with E-state index < -0.39 is 6.10 Å². The SMILES string of the molecule is COC(=O)CCCC(O)c1cc(OC)ccc1OC. The maximum absolute atomic E-state index is 11.0. The monoisotopic (exact) mass is 268 g/mol. The molecule has 5 heteroatoms. The number of ether oxygens (including phenoxy) is 3. The van der Waals surface area contributed by atoms with Crippen molar-refractivity contribution in [3.8, 4) is 11.5 Å². The highest BCUT2D eigenvalue weighted by molar-refractivity contribution is 5.69. The van der Waals surface area contributed by atoms with Crippen molar-refractivity contribution in [3.05, 3.63) is 23.8 Å². The van der Waals surface area contributed by atoms with Crippen molar-refractivity contribution in [3.63, 3.8) is 0 Å². The van der Waals surface area contributed by atoms with E-state index in [4.69, 9.17) is 9.47 Å². The van der Waals surface area contributed by atoms with Gasteiger partial charge in [0.2, 0.25) is 0 Å². The van der Waals surface area contributed by atoms with E-state index in [1.54, 1.807) is 32.4 Å². The lowest BCUT2D eigenvalue weighted by Crippen LogP contribution is -2.04. The molecule has 0 aliphatic carbocycles. The number of aliphatic hydroxyl groups excluding tert-OH is 1. The summed E-state index contributed by atoms with van der Waals surface area (Å²) in [5.74, 6) is 0.985. The van der Waals surface area contributed by atoms with Crippen molar-refractivity contribution in [2.75, 3.05) is 21.3 Å². The van der Waals surface area contributed by atoms with Gasteiger partial charge in [-0.2, -0.15) is 0 Å². The lowest BCUT2D eigenvalue weighted by atomic mass is 10.0. The van der Waals surface area contributed by atoms with Gasteiger partial charge in [0.05, 0.1) is 27.4 Å². The number of aliphatic hydroxyl groups is 1. The normalized spacial score (nSPS) is 11.8. The smallest absolute Gasteiger partial charge is 0.305 e. The topological polar surface area (TPSA) is 65.0 Å². The molecule has 0 amide bonds. The molecule has 0 heterocycles. The molecule has 0 aliphatic heterocycles. The first-order valence-electron chi connectivity index (χ1n) is 6.09. The fourth-order valence-electron chi connectivity index (χ4n) is 1.80. The highest BCUT2D eigenvalue weighted by atomic mass is 16.5. The van der Waals surface area contributed by atoms with Crippen LogP contribution in [0.5, 0.6) is 11.5 Å². The molecule has 1 atom stereocenters. The third kappa shape index (κ3) is 4.44. The molecule has 0 aliphatic rings. The van der Waals surface area contributed by atoms with Gasteiger partial charge in [-0.15, -0.1) is 0 Å². The lowest BCUT2D eigenvalue weighted by molar-refractivity contribution is -0.140. The number of carbonyl (C=O) groups excluding carboxylic acids is 1. The molecule has 5 nitrogen and oxygen atoms in total. The molecule has 19 heavy (non-hydrogen) atoms. The number of carbonyl (C=O) groups is 1. The van der Waals surface area contributed by atoms with Crippen LogP contribution in [0.2, 0.25) is 0 Å². The Morgan fingerprint density at radius 2 is 2.00 bits per heavy atom. The average molecular weight is 268 g/mol. The van der Waals surface area contributed by atoms with Crippen molar-refractivity contribution in [2.45, 2.75) is 25.4 Å².